The Kier molecular flexibility index (Phi) is 7.81. The molecule has 2 aromatic rings. The fraction of sp³-hybridized carbons (Fsp3) is 0.577. The van der Waals surface area contributed by atoms with Gasteiger partial charge < -0.3 is 19.5 Å². The number of anilines is 1. The number of ether oxygens (including phenoxy) is 2. The number of piperidine rings is 1. The number of aliphatic carboxylic acids is 1. The number of hydrogen-bond acceptors (Lipinski definition) is 6. The van der Waals surface area contributed by atoms with Gasteiger partial charge in [0.15, 0.2) is 5.82 Å². The van der Waals surface area contributed by atoms with Crippen molar-refractivity contribution in [2.75, 3.05) is 31.2 Å². The van der Waals surface area contributed by atoms with E-state index >= 15 is 0 Å². The summed E-state index contributed by atoms with van der Waals surface area (Å²) in [6.45, 7) is 14.2. The molecule has 1 aliphatic heterocycles. The Labute approximate surface area is 201 Å². The molecule has 1 N–H and O–H groups in total. The highest BCUT2D eigenvalue weighted by Crippen LogP contribution is 2.40. The number of aryl methyl sites for hydroxylation is 1. The highest BCUT2D eigenvalue weighted by atomic mass is 19.1. The fourth-order valence-corrected chi connectivity index (χ4v) is 4.07. The molecular formula is C26H36FN3O4. The first kappa shape index (κ1) is 25.9. The van der Waals surface area contributed by atoms with Crippen LogP contribution in [0.4, 0.5) is 10.1 Å². The lowest BCUT2D eigenvalue weighted by atomic mass is 9.82. The van der Waals surface area contributed by atoms with Gasteiger partial charge >= 0.3 is 5.97 Å². The Morgan fingerprint density at radius 1 is 1.18 bits per heavy atom. The second-order valence-electron chi connectivity index (χ2n) is 10.6. The number of hydrogen-bond donors (Lipinski definition) is 1. The Balaban J connectivity index is 1.92. The quantitative estimate of drug-likeness (QED) is 0.538. The molecule has 186 valence electrons. The van der Waals surface area contributed by atoms with Gasteiger partial charge in [0.05, 0.1) is 24.3 Å². The van der Waals surface area contributed by atoms with Gasteiger partial charge in [0.25, 0.3) is 0 Å². The van der Waals surface area contributed by atoms with Crippen LogP contribution in [-0.2, 0) is 16.0 Å². The summed E-state index contributed by atoms with van der Waals surface area (Å²) in [6.07, 6.45) is 5.06. The van der Waals surface area contributed by atoms with Crippen molar-refractivity contribution in [3.8, 4) is 17.0 Å². The summed E-state index contributed by atoms with van der Waals surface area (Å²) >= 11 is 0. The van der Waals surface area contributed by atoms with E-state index in [0.717, 1.165) is 31.6 Å². The lowest BCUT2D eigenvalue weighted by molar-refractivity contribution is -0.136. The molecule has 0 spiro atoms. The van der Waals surface area contributed by atoms with Crippen molar-refractivity contribution in [2.24, 2.45) is 5.41 Å². The summed E-state index contributed by atoms with van der Waals surface area (Å²) in [6, 6.07) is 1.38. The van der Waals surface area contributed by atoms with Crippen LogP contribution in [0, 0.1) is 18.2 Å². The topological polar surface area (TPSA) is 84.8 Å². The Hall–Kier alpha value is -2.74. The van der Waals surface area contributed by atoms with Gasteiger partial charge in [-0.05, 0) is 52.0 Å². The van der Waals surface area contributed by atoms with E-state index in [1.165, 1.54) is 6.07 Å². The summed E-state index contributed by atoms with van der Waals surface area (Å²) in [5, 5.41) is 9.55. The molecule has 0 atom stereocenters. The SMILES string of the molecule is Cc1ncc(-c2cnc(OCCOC(C)(C)C)c(F)c2)c(N2CCC(C)(C)CC2)c1CC(=O)O. The van der Waals surface area contributed by atoms with Crippen molar-refractivity contribution in [3.63, 3.8) is 0 Å². The van der Waals surface area contributed by atoms with Crippen molar-refractivity contribution >= 4 is 11.7 Å². The molecule has 0 aliphatic carbocycles. The van der Waals surface area contributed by atoms with Crippen LogP contribution in [0.2, 0.25) is 0 Å². The molecule has 0 saturated carbocycles. The standard InChI is InChI=1S/C26H36FN3O4/c1-17-19(14-22(31)32)23(30-9-7-26(5,6)8-10-30)20(16-28-17)18-13-21(27)24(29-15-18)33-11-12-34-25(2,3)4/h13,15-16H,7-12,14H2,1-6H3,(H,31,32). The molecular weight excluding hydrogens is 437 g/mol. The smallest absolute Gasteiger partial charge is 0.307 e. The molecule has 0 amide bonds. The summed E-state index contributed by atoms with van der Waals surface area (Å²) in [7, 11) is 0. The number of nitrogens with zero attached hydrogens (tertiary/aromatic N) is 3. The monoisotopic (exact) mass is 473 g/mol. The van der Waals surface area contributed by atoms with Crippen molar-refractivity contribution in [2.45, 2.75) is 66.4 Å². The summed E-state index contributed by atoms with van der Waals surface area (Å²) in [4.78, 5) is 22.5. The Bertz CT molecular complexity index is 1020. The highest BCUT2D eigenvalue weighted by Gasteiger charge is 2.29. The van der Waals surface area contributed by atoms with Gasteiger partial charge in [0, 0.05) is 47.9 Å². The normalized spacial score (nSPS) is 15.9. The molecule has 1 aliphatic rings. The maximum absolute atomic E-state index is 14.9. The van der Waals surface area contributed by atoms with E-state index in [1.54, 1.807) is 12.4 Å². The van der Waals surface area contributed by atoms with Crippen molar-refractivity contribution in [3.05, 3.63) is 35.5 Å². The van der Waals surface area contributed by atoms with E-state index in [0.29, 0.717) is 29.0 Å². The van der Waals surface area contributed by atoms with Gasteiger partial charge in [-0.15, -0.1) is 0 Å². The van der Waals surface area contributed by atoms with E-state index < -0.39 is 11.8 Å². The molecule has 0 radical (unpaired) electrons. The van der Waals surface area contributed by atoms with E-state index in [-0.39, 0.29) is 29.9 Å². The first-order chi connectivity index (χ1) is 15.9. The average molecular weight is 474 g/mol. The fourth-order valence-electron chi connectivity index (χ4n) is 4.07. The van der Waals surface area contributed by atoms with Crippen LogP contribution in [0.1, 0.15) is 58.7 Å². The zero-order valence-electron chi connectivity index (χ0n) is 21.1. The number of aromatic nitrogens is 2. The first-order valence-electron chi connectivity index (χ1n) is 11.7. The van der Waals surface area contributed by atoms with Crippen LogP contribution in [-0.4, -0.2) is 52.9 Å². The molecule has 2 aromatic heterocycles. The van der Waals surface area contributed by atoms with Crippen LogP contribution in [0.25, 0.3) is 11.1 Å². The third kappa shape index (κ3) is 6.65. The van der Waals surface area contributed by atoms with Crippen LogP contribution in [0.3, 0.4) is 0 Å². The third-order valence-corrected chi connectivity index (χ3v) is 6.10. The molecule has 0 unspecified atom stereocenters. The summed E-state index contributed by atoms with van der Waals surface area (Å²) in [5.41, 5.74) is 3.27. The molecule has 3 heterocycles. The molecule has 7 nitrogen and oxygen atoms in total. The van der Waals surface area contributed by atoms with Gasteiger partial charge in [0.2, 0.25) is 5.88 Å². The van der Waals surface area contributed by atoms with Gasteiger partial charge in [0.1, 0.15) is 6.61 Å². The second-order valence-corrected chi connectivity index (χ2v) is 10.6. The second kappa shape index (κ2) is 10.3. The minimum atomic E-state index is -0.925. The van der Waals surface area contributed by atoms with Gasteiger partial charge in [-0.1, -0.05) is 13.8 Å². The largest absolute Gasteiger partial charge is 0.481 e. The van der Waals surface area contributed by atoms with Gasteiger partial charge in [-0.25, -0.2) is 9.37 Å². The minimum absolute atomic E-state index is 0.0895. The van der Waals surface area contributed by atoms with Crippen LogP contribution in [0.5, 0.6) is 5.88 Å². The first-order valence-corrected chi connectivity index (χ1v) is 11.7. The van der Waals surface area contributed by atoms with Crippen LogP contribution < -0.4 is 9.64 Å². The lowest BCUT2D eigenvalue weighted by Gasteiger charge is -2.40. The predicted molar refractivity (Wildman–Crippen MR) is 130 cm³/mol. The molecule has 3 rings (SSSR count). The molecule has 0 bridgehead atoms. The van der Waals surface area contributed by atoms with Crippen LogP contribution in [0.15, 0.2) is 18.5 Å². The van der Waals surface area contributed by atoms with Crippen molar-refractivity contribution in [1.29, 1.82) is 0 Å². The van der Waals surface area contributed by atoms with E-state index in [2.05, 4.69) is 28.7 Å². The molecule has 8 heteroatoms. The number of halogens is 1. The predicted octanol–water partition coefficient (Wildman–Crippen LogP) is 5.04. The number of carboxylic acids is 1. The van der Waals surface area contributed by atoms with Crippen LogP contribution >= 0.6 is 0 Å². The third-order valence-electron chi connectivity index (χ3n) is 6.10. The van der Waals surface area contributed by atoms with E-state index in [4.69, 9.17) is 9.47 Å². The summed E-state index contributed by atoms with van der Waals surface area (Å²) < 4.78 is 26.0. The maximum atomic E-state index is 14.9. The lowest BCUT2D eigenvalue weighted by Crippen LogP contribution is -2.38. The zero-order valence-corrected chi connectivity index (χ0v) is 21.1. The number of pyridine rings is 2. The Morgan fingerprint density at radius 3 is 2.44 bits per heavy atom. The average Bonchev–Trinajstić information content (AvgIpc) is 2.73. The van der Waals surface area contributed by atoms with E-state index in [1.807, 2.05) is 27.7 Å². The molecule has 1 fully saturated rings. The molecule has 1 saturated heterocycles. The number of carboxylic acid groups (broad SMARTS) is 1. The molecule has 0 aromatic carbocycles. The van der Waals surface area contributed by atoms with Gasteiger partial charge in [-0.2, -0.15) is 0 Å². The van der Waals surface area contributed by atoms with Crippen molar-refractivity contribution < 1.29 is 23.8 Å². The van der Waals surface area contributed by atoms with E-state index in [9.17, 15) is 14.3 Å². The zero-order chi connectivity index (χ0) is 25.1. The summed E-state index contributed by atoms with van der Waals surface area (Å²) in [5.74, 6) is -1.60. The van der Waals surface area contributed by atoms with Crippen molar-refractivity contribution in [1.82, 2.24) is 9.97 Å². The number of rotatable bonds is 8. The minimum Gasteiger partial charge on any atom is -0.481 e. The highest BCUT2D eigenvalue weighted by molar-refractivity contribution is 5.84. The number of carbonyl (C=O) groups is 1. The maximum Gasteiger partial charge on any atom is 0.307 e. The molecule has 34 heavy (non-hydrogen) atoms. The Morgan fingerprint density at radius 2 is 1.85 bits per heavy atom. The van der Waals surface area contributed by atoms with Gasteiger partial charge in [-0.3, -0.25) is 9.78 Å².